The second kappa shape index (κ2) is 7.65. The van der Waals surface area contributed by atoms with Crippen molar-refractivity contribution in [2.45, 2.75) is 64.8 Å². The summed E-state index contributed by atoms with van der Waals surface area (Å²) >= 11 is 0. The monoisotopic (exact) mass is 349 g/mol. The smallest absolute Gasteiger partial charge is 0.128 e. The van der Waals surface area contributed by atoms with Crippen LogP contribution in [0.3, 0.4) is 0 Å². The first-order chi connectivity index (χ1) is 12.4. The largest absolute Gasteiger partial charge is 0.507 e. The minimum absolute atomic E-state index is 0.266. The number of phenolic OH excluding ortho intramolecular Hbond substituents is 1. The van der Waals surface area contributed by atoms with Crippen LogP contribution in [0, 0.1) is 12.8 Å². The van der Waals surface area contributed by atoms with E-state index in [1.54, 1.807) is 0 Å². The highest BCUT2D eigenvalue weighted by molar-refractivity contribution is 5.85. The van der Waals surface area contributed by atoms with Gasteiger partial charge in [0, 0.05) is 22.8 Å². The standard InChI is InChI=1S/C24H31NO/c1-17-14-19(16-25-22-13-9-8-10-18(22)2)23(26)21(15-17)24(3,4)20-11-6-5-7-12-20/h5-7,11-12,14-16,18,22,26H,8-10,13H2,1-4H3. The lowest BCUT2D eigenvalue weighted by Gasteiger charge is -2.28. The molecule has 0 bridgehead atoms. The number of hydrogen-bond acceptors (Lipinski definition) is 2. The lowest BCUT2D eigenvalue weighted by atomic mass is 9.76. The average Bonchev–Trinajstić information content (AvgIpc) is 2.64. The SMILES string of the molecule is Cc1cc(C=NC2CCCCC2C)c(O)c(C(C)(C)c2ccccc2)c1. The van der Waals surface area contributed by atoms with E-state index in [2.05, 4.69) is 58.0 Å². The maximum Gasteiger partial charge on any atom is 0.128 e. The van der Waals surface area contributed by atoms with Crippen molar-refractivity contribution < 1.29 is 5.11 Å². The molecule has 1 fully saturated rings. The van der Waals surface area contributed by atoms with E-state index >= 15 is 0 Å². The number of phenols is 1. The number of rotatable bonds is 4. The zero-order valence-electron chi connectivity index (χ0n) is 16.5. The first-order valence-corrected chi connectivity index (χ1v) is 9.82. The zero-order chi connectivity index (χ0) is 18.7. The maximum atomic E-state index is 11.0. The molecule has 1 N–H and O–H groups in total. The second-order valence-electron chi connectivity index (χ2n) is 8.35. The van der Waals surface area contributed by atoms with Crippen LogP contribution in [0.5, 0.6) is 5.75 Å². The van der Waals surface area contributed by atoms with Crippen molar-refractivity contribution in [1.29, 1.82) is 0 Å². The summed E-state index contributed by atoms with van der Waals surface area (Å²) in [6.07, 6.45) is 6.90. The fourth-order valence-electron chi connectivity index (χ4n) is 4.09. The molecule has 138 valence electrons. The van der Waals surface area contributed by atoms with E-state index in [1.165, 1.54) is 24.8 Å². The van der Waals surface area contributed by atoms with Gasteiger partial charge in [-0.3, -0.25) is 4.99 Å². The quantitative estimate of drug-likeness (QED) is 0.672. The van der Waals surface area contributed by atoms with E-state index in [0.29, 0.717) is 17.7 Å². The van der Waals surface area contributed by atoms with Crippen molar-refractivity contribution in [3.8, 4) is 5.75 Å². The molecule has 2 aromatic rings. The molecule has 0 spiro atoms. The Morgan fingerprint density at radius 1 is 1.08 bits per heavy atom. The van der Waals surface area contributed by atoms with Gasteiger partial charge in [0.15, 0.2) is 0 Å². The Labute approximate surface area is 158 Å². The van der Waals surface area contributed by atoms with Crippen LogP contribution in [-0.2, 0) is 5.41 Å². The molecule has 2 aromatic carbocycles. The van der Waals surface area contributed by atoms with Crippen LogP contribution in [-0.4, -0.2) is 17.4 Å². The summed E-state index contributed by atoms with van der Waals surface area (Å²) in [7, 11) is 0. The third-order valence-corrected chi connectivity index (χ3v) is 5.92. The van der Waals surface area contributed by atoms with E-state index in [0.717, 1.165) is 23.1 Å². The Morgan fingerprint density at radius 2 is 1.77 bits per heavy atom. The van der Waals surface area contributed by atoms with Gasteiger partial charge in [0.2, 0.25) is 0 Å². The molecule has 1 aliphatic rings. The average molecular weight is 350 g/mol. The number of benzene rings is 2. The van der Waals surface area contributed by atoms with Gasteiger partial charge >= 0.3 is 0 Å². The summed E-state index contributed by atoms with van der Waals surface area (Å²) in [4.78, 5) is 4.85. The molecule has 0 aromatic heterocycles. The van der Waals surface area contributed by atoms with Gasteiger partial charge in [-0.15, -0.1) is 0 Å². The zero-order valence-corrected chi connectivity index (χ0v) is 16.5. The first kappa shape index (κ1) is 18.7. The Kier molecular flexibility index (Phi) is 5.50. The summed E-state index contributed by atoms with van der Waals surface area (Å²) in [5.41, 5.74) is 3.88. The third-order valence-electron chi connectivity index (χ3n) is 5.92. The van der Waals surface area contributed by atoms with Gasteiger partial charge in [0.05, 0.1) is 6.04 Å². The number of aryl methyl sites for hydroxylation is 1. The number of aromatic hydroxyl groups is 1. The van der Waals surface area contributed by atoms with E-state index in [-0.39, 0.29) is 5.41 Å². The topological polar surface area (TPSA) is 32.6 Å². The Bertz CT molecular complexity index is 776. The van der Waals surface area contributed by atoms with Gasteiger partial charge in [0.25, 0.3) is 0 Å². The van der Waals surface area contributed by atoms with Crippen molar-refractivity contribution in [2.24, 2.45) is 10.9 Å². The predicted octanol–water partition coefficient (Wildman–Crippen LogP) is 6.02. The van der Waals surface area contributed by atoms with Crippen LogP contribution in [0.15, 0.2) is 47.5 Å². The molecular weight excluding hydrogens is 318 g/mol. The number of hydrogen-bond donors (Lipinski definition) is 1. The predicted molar refractivity (Wildman–Crippen MR) is 110 cm³/mol. The molecule has 0 amide bonds. The second-order valence-corrected chi connectivity index (χ2v) is 8.35. The molecule has 1 aliphatic carbocycles. The summed E-state index contributed by atoms with van der Waals surface area (Å²) in [6, 6.07) is 14.9. The van der Waals surface area contributed by atoms with Crippen molar-refractivity contribution >= 4 is 6.21 Å². The fraction of sp³-hybridized carbons (Fsp3) is 0.458. The minimum atomic E-state index is -0.266. The van der Waals surface area contributed by atoms with Crippen LogP contribution in [0.25, 0.3) is 0 Å². The molecule has 2 unspecified atom stereocenters. The number of aliphatic imine (C=N–C) groups is 1. The Hall–Kier alpha value is -2.09. The van der Waals surface area contributed by atoms with Gasteiger partial charge in [-0.25, -0.2) is 0 Å². The minimum Gasteiger partial charge on any atom is -0.507 e. The highest BCUT2D eigenvalue weighted by Crippen LogP contribution is 2.39. The maximum absolute atomic E-state index is 11.0. The van der Waals surface area contributed by atoms with Gasteiger partial charge in [-0.1, -0.05) is 70.0 Å². The normalized spacial score (nSPS) is 21.2. The van der Waals surface area contributed by atoms with Gasteiger partial charge in [-0.2, -0.15) is 0 Å². The highest BCUT2D eigenvalue weighted by Gasteiger charge is 2.27. The lowest BCUT2D eigenvalue weighted by Crippen LogP contribution is -2.21. The molecule has 0 aliphatic heterocycles. The molecule has 1 saturated carbocycles. The van der Waals surface area contributed by atoms with Gasteiger partial charge in [-0.05, 0) is 42.9 Å². The van der Waals surface area contributed by atoms with Crippen molar-refractivity contribution in [1.82, 2.24) is 0 Å². The van der Waals surface area contributed by atoms with E-state index in [4.69, 9.17) is 4.99 Å². The fourth-order valence-corrected chi connectivity index (χ4v) is 4.09. The van der Waals surface area contributed by atoms with Crippen LogP contribution >= 0.6 is 0 Å². The van der Waals surface area contributed by atoms with Gasteiger partial charge < -0.3 is 5.11 Å². The first-order valence-electron chi connectivity index (χ1n) is 9.82. The third kappa shape index (κ3) is 3.85. The molecule has 0 saturated heterocycles. The van der Waals surface area contributed by atoms with Crippen LogP contribution in [0.1, 0.15) is 68.7 Å². The Balaban J connectivity index is 1.96. The molecule has 0 radical (unpaired) electrons. The van der Waals surface area contributed by atoms with E-state index in [9.17, 15) is 5.11 Å². The summed E-state index contributed by atoms with van der Waals surface area (Å²) in [6.45, 7) is 8.72. The molecule has 2 heteroatoms. The van der Waals surface area contributed by atoms with Crippen molar-refractivity contribution in [3.63, 3.8) is 0 Å². The molecule has 2 atom stereocenters. The van der Waals surface area contributed by atoms with Crippen LogP contribution in [0.2, 0.25) is 0 Å². The summed E-state index contributed by atoms with van der Waals surface area (Å²) < 4.78 is 0. The van der Waals surface area contributed by atoms with Crippen molar-refractivity contribution in [2.75, 3.05) is 0 Å². The lowest BCUT2D eigenvalue weighted by molar-refractivity contribution is 0.333. The number of nitrogens with zero attached hydrogens (tertiary/aromatic N) is 1. The van der Waals surface area contributed by atoms with Crippen LogP contribution in [0.4, 0.5) is 0 Å². The molecule has 26 heavy (non-hydrogen) atoms. The summed E-state index contributed by atoms with van der Waals surface area (Å²) in [5, 5.41) is 11.0. The van der Waals surface area contributed by atoms with E-state index < -0.39 is 0 Å². The van der Waals surface area contributed by atoms with Gasteiger partial charge in [0.1, 0.15) is 5.75 Å². The Morgan fingerprint density at radius 3 is 2.46 bits per heavy atom. The molecule has 2 nitrogen and oxygen atoms in total. The van der Waals surface area contributed by atoms with E-state index in [1.807, 2.05) is 18.3 Å². The summed E-state index contributed by atoms with van der Waals surface area (Å²) in [5.74, 6) is 0.990. The van der Waals surface area contributed by atoms with Crippen LogP contribution < -0.4 is 0 Å². The molecular formula is C24H31NO. The van der Waals surface area contributed by atoms with Crippen molar-refractivity contribution in [3.05, 3.63) is 64.7 Å². The highest BCUT2D eigenvalue weighted by atomic mass is 16.3. The molecule has 0 heterocycles. The molecule has 3 rings (SSSR count).